The normalized spacial score (nSPS) is 17.6. The summed E-state index contributed by atoms with van der Waals surface area (Å²) in [7, 11) is 2.97. The summed E-state index contributed by atoms with van der Waals surface area (Å²) >= 11 is 0. The quantitative estimate of drug-likeness (QED) is 0.381. The monoisotopic (exact) mass is 415 g/mol. The Bertz CT molecular complexity index is 1160. The number of rotatable bonds is 5. The first kappa shape index (κ1) is 20.2. The van der Waals surface area contributed by atoms with E-state index in [9.17, 15) is 14.7 Å². The second-order valence-electron chi connectivity index (χ2n) is 6.98. The van der Waals surface area contributed by atoms with E-state index in [-0.39, 0.29) is 16.9 Å². The highest BCUT2D eigenvalue weighted by Crippen LogP contribution is 2.43. The highest BCUT2D eigenvalue weighted by Gasteiger charge is 2.47. The lowest BCUT2D eigenvalue weighted by Crippen LogP contribution is -2.29. The van der Waals surface area contributed by atoms with Crippen LogP contribution in [0.4, 0.5) is 5.69 Å². The maximum atomic E-state index is 13.2. The van der Waals surface area contributed by atoms with Crippen molar-refractivity contribution in [2.24, 2.45) is 0 Å². The molecular formula is C25H21NO5. The average Bonchev–Trinajstić information content (AvgIpc) is 3.09. The number of nitrogens with zero attached hydrogens (tertiary/aromatic N) is 1. The first-order valence-electron chi connectivity index (χ1n) is 9.70. The maximum Gasteiger partial charge on any atom is 0.300 e. The van der Waals surface area contributed by atoms with Crippen molar-refractivity contribution in [1.82, 2.24) is 0 Å². The summed E-state index contributed by atoms with van der Waals surface area (Å²) in [4.78, 5) is 27.7. The van der Waals surface area contributed by atoms with Crippen molar-refractivity contribution in [3.63, 3.8) is 0 Å². The van der Waals surface area contributed by atoms with Gasteiger partial charge >= 0.3 is 0 Å². The highest BCUT2D eigenvalue weighted by atomic mass is 16.5. The molecule has 4 rings (SSSR count). The summed E-state index contributed by atoms with van der Waals surface area (Å²) < 4.78 is 10.6. The van der Waals surface area contributed by atoms with E-state index in [1.54, 1.807) is 42.5 Å². The Morgan fingerprint density at radius 1 is 0.871 bits per heavy atom. The number of para-hydroxylation sites is 1. The maximum absolute atomic E-state index is 13.2. The molecule has 6 nitrogen and oxygen atoms in total. The Morgan fingerprint density at radius 3 is 2.13 bits per heavy atom. The van der Waals surface area contributed by atoms with Crippen molar-refractivity contribution in [2.75, 3.05) is 19.1 Å². The largest absolute Gasteiger partial charge is 0.507 e. The molecule has 0 aliphatic carbocycles. The van der Waals surface area contributed by atoms with Crippen molar-refractivity contribution >= 4 is 23.1 Å². The third-order valence-electron chi connectivity index (χ3n) is 5.26. The van der Waals surface area contributed by atoms with Crippen molar-refractivity contribution < 1.29 is 24.2 Å². The van der Waals surface area contributed by atoms with Gasteiger partial charge in [0.2, 0.25) is 0 Å². The van der Waals surface area contributed by atoms with Crippen LogP contribution < -0.4 is 14.4 Å². The van der Waals surface area contributed by atoms with Crippen LogP contribution in [0.5, 0.6) is 11.5 Å². The average molecular weight is 415 g/mol. The van der Waals surface area contributed by atoms with Crippen LogP contribution >= 0.6 is 0 Å². The fraction of sp³-hybridized carbons (Fsp3) is 0.120. The molecule has 1 unspecified atom stereocenters. The smallest absolute Gasteiger partial charge is 0.300 e. The Labute approximate surface area is 180 Å². The number of Topliss-reactive ketones (excluding diaryl/α,β-unsaturated/α-hetero) is 1. The number of aliphatic hydroxyl groups is 1. The van der Waals surface area contributed by atoms with E-state index in [0.717, 1.165) is 0 Å². The van der Waals surface area contributed by atoms with E-state index < -0.39 is 17.7 Å². The molecule has 1 heterocycles. The lowest BCUT2D eigenvalue weighted by atomic mass is 9.94. The zero-order valence-corrected chi connectivity index (χ0v) is 17.1. The fourth-order valence-corrected chi connectivity index (χ4v) is 3.78. The van der Waals surface area contributed by atoms with E-state index >= 15 is 0 Å². The van der Waals surface area contributed by atoms with Gasteiger partial charge in [-0.1, -0.05) is 48.5 Å². The van der Waals surface area contributed by atoms with Gasteiger partial charge in [0, 0.05) is 5.69 Å². The number of hydrogen-bond donors (Lipinski definition) is 1. The van der Waals surface area contributed by atoms with Gasteiger partial charge in [-0.05, 0) is 35.9 Å². The zero-order chi connectivity index (χ0) is 22.0. The Balaban J connectivity index is 1.98. The van der Waals surface area contributed by atoms with Crippen molar-refractivity contribution in [1.29, 1.82) is 0 Å². The lowest BCUT2D eigenvalue weighted by molar-refractivity contribution is -0.132. The second kappa shape index (κ2) is 8.36. The Kier molecular flexibility index (Phi) is 5.45. The number of methoxy groups -OCH3 is 2. The molecular weight excluding hydrogens is 394 g/mol. The number of carbonyl (C=O) groups excluding carboxylic acids is 2. The van der Waals surface area contributed by atoms with Gasteiger partial charge in [0.05, 0.1) is 31.4 Å². The molecule has 1 atom stereocenters. The molecule has 1 N–H and O–H groups in total. The molecule has 0 aromatic heterocycles. The van der Waals surface area contributed by atoms with E-state index in [1.165, 1.54) is 19.1 Å². The summed E-state index contributed by atoms with van der Waals surface area (Å²) in [6, 6.07) is 22.2. The predicted molar refractivity (Wildman–Crippen MR) is 117 cm³/mol. The van der Waals surface area contributed by atoms with E-state index in [1.807, 2.05) is 36.4 Å². The first-order valence-corrected chi connectivity index (χ1v) is 9.70. The number of aliphatic hydroxyl groups excluding tert-OH is 1. The predicted octanol–water partition coefficient (Wildman–Crippen LogP) is 4.33. The number of ether oxygens (including phenoxy) is 2. The summed E-state index contributed by atoms with van der Waals surface area (Å²) in [6.45, 7) is 0. The number of anilines is 1. The number of carbonyl (C=O) groups is 2. The molecule has 0 bridgehead atoms. The minimum absolute atomic E-state index is 0.00777. The van der Waals surface area contributed by atoms with E-state index in [4.69, 9.17) is 9.47 Å². The molecule has 6 heteroatoms. The van der Waals surface area contributed by atoms with Crippen LogP contribution in [-0.2, 0) is 9.59 Å². The highest BCUT2D eigenvalue weighted by molar-refractivity contribution is 6.51. The Hall–Kier alpha value is -4.06. The third kappa shape index (κ3) is 3.53. The first-order chi connectivity index (χ1) is 15.1. The number of benzene rings is 3. The number of amides is 1. The van der Waals surface area contributed by atoms with Gasteiger partial charge in [0.1, 0.15) is 17.3 Å². The Morgan fingerprint density at radius 2 is 1.52 bits per heavy atom. The zero-order valence-electron chi connectivity index (χ0n) is 17.1. The fourth-order valence-electron chi connectivity index (χ4n) is 3.78. The minimum atomic E-state index is -0.792. The van der Waals surface area contributed by atoms with Gasteiger partial charge in [0.15, 0.2) is 0 Å². The van der Waals surface area contributed by atoms with Gasteiger partial charge in [-0.2, -0.15) is 0 Å². The van der Waals surface area contributed by atoms with Crippen molar-refractivity contribution in [3.8, 4) is 11.5 Å². The molecule has 0 radical (unpaired) electrons. The molecule has 156 valence electrons. The van der Waals surface area contributed by atoms with Gasteiger partial charge < -0.3 is 14.6 Å². The summed E-state index contributed by atoms with van der Waals surface area (Å²) in [6.07, 6.45) is 0. The molecule has 1 aliphatic rings. The van der Waals surface area contributed by atoms with Crippen LogP contribution in [0.1, 0.15) is 17.2 Å². The molecule has 3 aromatic carbocycles. The lowest BCUT2D eigenvalue weighted by Gasteiger charge is -2.25. The van der Waals surface area contributed by atoms with Crippen molar-refractivity contribution in [2.45, 2.75) is 6.04 Å². The van der Waals surface area contributed by atoms with Gasteiger partial charge in [-0.3, -0.25) is 14.5 Å². The van der Waals surface area contributed by atoms with Crippen molar-refractivity contribution in [3.05, 3.63) is 95.6 Å². The molecule has 1 amide bonds. The van der Waals surface area contributed by atoms with Gasteiger partial charge in [0.25, 0.3) is 11.7 Å². The molecule has 31 heavy (non-hydrogen) atoms. The van der Waals surface area contributed by atoms with Crippen LogP contribution in [0.15, 0.2) is 84.4 Å². The second-order valence-corrected chi connectivity index (χ2v) is 6.98. The minimum Gasteiger partial charge on any atom is -0.507 e. The molecule has 3 aromatic rings. The van der Waals surface area contributed by atoms with E-state index in [0.29, 0.717) is 22.7 Å². The van der Waals surface area contributed by atoms with Crippen LogP contribution in [0.2, 0.25) is 0 Å². The molecule has 1 aliphatic heterocycles. The molecule has 1 fully saturated rings. The summed E-state index contributed by atoms with van der Waals surface area (Å²) in [5.41, 5.74) is 1.53. The summed E-state index contributed by atoms with van der Waals surface area (Å²) in [5, 5.41) is 11.3. The third-order valence-corrected chi connectivity index (χ3v) is 5.26. The molecule has 0 saturated carbocycles. The van der Waals surface area contributed by atoms with Crippen LogP contribution in [0, 0.1) is 0 Å². The van der Waals surface area contributed by atoms with E-state index in [2.05, 4.69) is 0 Å². The van der Waals surface area contributed by atoms with Crippen LogP contribution in [0.3, 0.4) is 0 Å². The van der Waals surface area contributed by atoms with Crippen LogP contribution in [-0.4, -0.2) is 31.0 Å². The van der Waals surface area contributed by atoms with Crippen LogP contribution in [0.25, 0.3) is 5.76 Å². The topological polar surface area (TPSA) is 76.1 Å². The van der Waals surface area contributed by atoms with Gasteiger partial charge in [-0.15, -0.1) is 0 Å². The number of hydrogen-bond acceptors (Lipinski definition) is 5. The summed E-state index contributed by atoms with van der Waals surface area (Å²) in [5.74, 6) is -0.947. The molecule has 1 saturated heterocycles. The SMILES string of the molecule is COc1ccc(OC)c(/C(O)=C2\C(=O)C(=O)N(c3ccccc3)C2c2ccccc2)c1. The standard InChI is InChI=1S/C25H21NO5/c1-30-18-13-14-20(31-2)19(15-18)23(27)21-22(16-9-5-3-6-10-16)26(25(29)24(21)28)17-11-7-4-8-12-17/h3-15,22,27H,1-2H3/b23-21+. The molecule has 0 spiro atoms. The van der Waals surface area contributed by atoms with Gasteiger partial charge in [-0.25, -0.2) is 0 Å². The number of ketones is 1.